The second-order valence-electron chi connectivity index (χ2n) is 6.52. The van der Waals surface area contributed by atoms with Crippen LogP contribution in [0.4, 0.5) is 0 Å². The number of hydrogen-bond acceptors (Lipinski definition) is 3. The van der Waals surface area contributed by atoms with E-state index in [4.69, 9.17) is 11.6 Å². The number of halogens is 3. The molecule has 1 saturated heterocycles. The van der Waals surface area contributed by atoms with Crippen LogP contribution in [0.25, 0.3) is 0 Å². The van der Waals surface area contributed by atoms with Gasteiger partial charge in [0.25, 0.3) is 0 Å². The van der Waals surface area contributed by atoms with E-state index >= 15 is 0 Å². The van der Waals surface area contributed by atoms with Gasteiger partial charge in [0.05, 0.1) is 12.6 Å². The molecule has 148 valence electrons. The van der Waals surface area contributed by atoms with Crippen LogP contribution in [0.2, 0.25) is 5.02 Å². The zero-order chi connectivity index (χ0) is 17.6. The number of likely N-dealkylation sites (N-methyl/N-ethyl adjacent to an activating group) is 1. The highest BCUT2D eigenvalue weighted by atomic mass is 35.5. The monoisotopic (exact) mass is 429 g/mol. The number of benzene rings is 2. The van der Waals surface area contributed by atoms with Crippen LogP contribution < -0.4 is 5.32 Å². The second kappa shape index (κ2) is 11.5. The number of carbonyl (C=O) groups excluding carboxylic acids is 1. The average molecular weight is 431 g/mol. The first-order valence-corrected chi connectivity index (χ1v) is 8.99. The van der Waals surface area contributed by atoms with Crippen LogP contribution in [0, 0.1) is 0 Å². The average Bonchev–Trinajstić information content (AvgIpc) is 2.62. The van der Waals surface area contributed by atoms with Crippen molar-refractivity contribution in [2.45, 2.75) is 12.6 Å². The Hall–Kier alpha value is -1.30. The van der Waals surface area contributed by atoms with Crippen molar-refractivity contribution in [3.05, 3.63) is 70.7 Å². The molecule has 1 amide bonds. The molecule has 4 nitrogen and oxygen atoms in total. The van der Waals surface area contributed by atoms with E-state index in [1.165, 1.54) is 5.56 Å². The van der Waals surface area contributed by atoms with Gasteiger partial charge in [0.2, 0.25) is 5.91 Å². The van der Waals surface area contributed by atoms with E-state index in [0.717, 1.165) is 31.7 Å². The number of piperazine rings is 1. The van der Waals surface area contributed by atoms with Crippen molar-refractivity contribution in [1.29, 1.82) is 0 Å². The van der Waals surface area contributed by atoms with Crippen molar-refractivity contribution in [2.75, 3.05) is 33.2 Å². The fourth-order valence-electron chi connectivity index (χ4n) is 3.29. The van der Waals surface area contributed by atoms with Crippen LogP contribution in [0.5, 0.6) is 0 Å². The van der Waals surface area contributed by atoms with E-state index in [-0.39, 0.29) is 36.8 Å². The molecule has 1 unspecified atom stereocenters. The van der Waals surface area contributed by atoms with Crippen LogP contribution in [-0.2, 0) is 11.3 Å². The third-order valence-corrected chi connectivity index (χ3v) is 4.73. The first kappa shape index (κ1) is 23.7. The summed E-state index contributed by atoms with van der Waals surface area (Å²) in [4.78, 5) is 16.9. The van der Waals surface area contributed by atoms with E-state index in [1.54, 1.807) is 0 Å². The van der Waals surface area contributed by atoms with Gasteiger partial charge in [-0.15, -0.1) is 24.8 Å². The lowest BCUT2D eigenvalue weighted by Gasteiger charge is -2.37. The molecule has 1 N–H and O–H groups in total. The van der Waals surface area contributed by atoms with E-state index in [9.17, 15) is 4.79 Å². The first-order chi connectivity index (χ1) is 12.1. The minimum absolute atomic E-state index is 0. The highest BCUT2D eigenvalue weighted by molar-refractivity contribution is 6.30. The zero-order valence-electron chi connectivity index (χ0n) is 15.3. The molecule has 2 aromatic rings. The molecule has 0 radical (unpaired) electrons. The predicted molar refractivity (Wildman–Crippen MR) is 116 cm³/mol. The van der Waals surface area contributed by atoms with Crippen molar-refractivity contribution >= 4 is 42.3 Å². The number of hydrogen-bond donors (Lipinski definition) is 1. The molecule has 0 spiro atoms. The molecule has 0 bridgehead atoms. The van der Waals surface area contributed by atoms with Gasteiger partial charge in [-0.2, -0.15) is 0 Å². The topological polar surface area (TPSA) is 35.6 Å². The summed E-state index contributed by atoms with van der Waals surface area (Å²) >= 11 is 6.13. The van der Waals surface area contributed by atoms with Crippen molar-refractivity contribution in [3.63, 3.8) is 0 Å². The fourth-order valence-corrected chi connectivity index (χ4v) is 3.49. The molecule has 3 rings (SSSR count). The van der Waals surface area contributed by atoms with E-state index < -0.39 is 0 Å². The number of nitrogens with zero attached hydrogens (tertiary/aromatic N) is 2. The Kier molecular flexibility index (Phi) is 10.1. The van der Waals surface area contributed by atoms with Gasteiger partial charge in [-0.1, -0.05) is 54.1 Å². The number of rotatable bonds is 5. The maximum Gasteiger partial charge on any atom is 0.237 e. The van der Waals surface area contributed by atoms with Crippen LogP contribution in [-0.4, -0.2) is 48.9 Å². The third-order valence-electron chi connectivity index (χ3n) is 4.50. The van der Waals surface area contributed by atoms with Crippen molar-refractivity contribution < 1.29 is 4.79 Å². The molecular weight excluding hydrogens is 405 g/mol. The minimum atomic E-state index is 0. The Bertz CT molecular complexity index is 715. The van der Waals surface area contributed by atoms with Gasteiger partial charge in [-0.3, -0.25) is 9.69 Å². The van der Waals surface area contributed by atoms with Crippen LogP contribution in [0.15, 0.2) is 54.6 Å². The van der Waals surface area contributed by atoms with Crippen molar-refractivity contribution in [3.8, 4) is 0 Å². The molecule has 0 aromatic heterocycles. The van der Waals surface area contributed by atoms with Gasteiger partial charge in [-0.05, 0) is 30.3 Å². The number of carbonyl (C=O) groups is 1. The molecule has 0 aliphatic carbocycles. The molecule has 0 saturated carbocycles. The van der Waals surface area contributed by atoms with Crippen molar-refractivity contribution in [2.24, 2.45) is 0 Å². The quantitative estimate of drug-likeness (QED) is 0.784. The SMILES string of the molecule is CN(CC(=O)N1CCNCC1c1cccc(Cl)c1)Cc1ccccc1.Cl.Cl. The molecule has 1 atom stereocenters. The standard InChI is InChI=1S/C20H24ClN3O.2ClH/c1-23(14-16-6-3-2-4-7-16)15-20(25)24-11-10-22-13-19(24)17-8-5-9-18(21)12-17;;/h2-9,12,19,22H,10-11,13-15H2,1H3;2*1H. The molecule has 1 aliphatic heterocycles. The highest BCUT2D eigenvalue weighted by Gasteiger charge is 2.28. The van der Waals surface area contributed by atoms with Crippen LogP contribution in [0.1, 0.15) is 17.2 Å². The predicted octanol–water partition coefficient (Wildman–Crippen LogP) is 3.79. The molecular formula is C20H26Cl3N3O. The largest absolute Gasteiger partial charge is 0.332 e. The van der Waals surface area contributed by atoms with Gasteiger partial charge < -0.3 is 10.2 Å². The second-order valence-corrected chi connectivity index (χ2v) is 6.96. The molecule has 1 aliphatic rings. The normalized spacial score (nSPS) is 16.4. The van der Waals surface area contributed by atoms with E-state index in [1.807, 2.05) is 54.4 Å². The molecule has 27 heavy (non-hydrogen) atoms. The summed E-state index contributed by atoms with van der Waals surface area (Å²) in [6, 6.07) is 18.0. The molecule has 1 fully saturated rings. The summed E-state index contributed by atoms with van der Waals surface area (Å²) in [5.74, 6) is 0.157. The summed E-state index contributed by atoms with van der Waals surface area (Å²) in [7, 11) is 1.99. The van der Waals surface area contributed by atoms with Gasteiger partial charge in [0.15, 0.2) is 0 Å². The first-order valence-electron chi connectivity index (χ1n) is 8.61. The maximum atomic E-state index is 12.9. The highest BCUT2D eigenvalue weighted by Crippen LogP contribution is 2.25. The minimum Gasteiger partial charge on any atom is -0.332 e. The Morgan fingerprint density at radius 1 is 1.19 bits per heavy atom. The van der Waals surface area contributed by atoms with Gasteiger partial charge in [0.1, 0.15) is 0 Å². The van der Waals surface area contributed by atoms with Gasteiger partial charge in [-0.25, -0.2) is 0 Å². The smallest absolute Gasteiger partial charge is 0.237 e. The number of amides is 1. The van der Waals surface area contributed by atoms with Gasteiger partial charge in [0, 0.05) is 31.2 Å². The third kappa shape index (κ3) is 6.66. The van der Waals surface area contributed by atoms with Gasteiger partial charge >= 0.3 is 0 Å². The Labute approximate surface area is 178 Å². The molecule has 7 heteroatoms. The Morgan fingerprint density at radius 2 is 1.93 bits per heavy atom. The lowest BCUT2D eigenvalue weighted by Crippen LogP contribution is -2.51. The molecule has 2 aromatic carbocycles. The summed E-state index contributed by atoms with van der Waals surface area (Å²) in [6.07, 6.45) is 0. The summed E-state index contributed by atoms with van der Waals surface area (Å²) in [5, 5.41) is 4.09. The Morgan fingerprint density at radius 3 is 2.63 bits per heavy atom. The maximum absolute atomic E-state index is 12.9. The molecule has 1 heterocycles. The summed E-state index contributed by atoms with van der Waals surface area (Å²) in [6.45, 7) is 3.47. The van der Waals surface area contributed by atoms with Crippen LogP contribution in [0.3, 0.4) is 0 Å². The lowest BCUT2D eigenvalue weighted by molar-refractivity contribution is -0.135. The lowest BCUT2D eigenvalue weighted by atomic mass is 10.0. The summed E-state index contributed by atoms with van der Waals surface area (Å²) in [5.41, 5.74) is 2.29. The fraction of sp³-hybridized carbons (Fsp3) is 0.350. The summed E-state index contributed by atoms with van der Waals surface area (Å²) < 4.78 is 0. The zero-order valence-corrected chi connectivity index (χ0v) is 17.7. The van der Waals surface area contributed by atoms with E-state index in [0.29, 0.717) is 11.6 Å². The Balaban J connectivity index is 0.00000182. The number of nitrogens with one attached hydrogen (secondary N) is 1. The van der Waals surface area contributed by atoms with Crippen molar-refractivity contribution in [1.82, 2.24) is 15.1 Å². The van der Waals surface area contributed by atoms with E-state index in [2.05, 4.69) is 22.3 Å². The van der Waals surface area contributed by atoms with Crippen LogP contribution >= 0.6 is 36.4 Å².